The molecule has 0 saturated carbocycles. The molecule has 0 unspecified atom stereocenters. The Morgan fingerprint density at radius 2 is 2.05 bits per heavy atom. The van der Waals surface area contributed by atoms with E-state index in [2.05, 4.69) is 20.9 Å². The maximum atomic E-state index is 14.2. The first-order chi connectivity index (χ1) is 9.69. The number of hydrogen-bond acceptors (Lipinski definition) is 4. The van der Waals surface area contributed by atoms with Crippen LogP contribution in [0, 0.1) is 5.82 Å². The molecule has 3 aromatic rings. The van der Waals surface area contributed by atoms with Crippen LogP contribution in [0.15, 0.2) is 50.1 Å². The van der Waals surface area contributed by atoms with Gasteiger partial charge in [0.2, 0.25) is 0 Å². The lowest BCUT2D eigenvalue weighted by Crippen LogP contribution is -1.99. The highest BCUT2D eigenvalue weighted by atomic mass is 79.9. The van der Waals surface area contributed by atoms with Crippen molar-refractivity contribution < 1.29 is 4.39 Å². The van der Waals surface area contributed by atoms with Gasteiger partial charge in [-0.15, -0.1) is 11.3 Å². The van der Waals surface area contributed by atoms with Gasteiger partial charge in [0.25, 0.3) is 0 Å². The molecule has 0 saturated heterocycles. The van der Waals surface area contributed by atoms with Crippen LogP contribution >= 0.6 is 39.0 Å². The summed E-state index contributed by atoms with van der Waals surface area (Å²) in [4.78, 5) is 5.05. The number of rotatable bonds is 3. The number of thiazole rings is 1. The average molecular weight is 369 g/mol. The van der Waals surface area contributed by atoms with Crippen molar-refractivity contribution in [2.75, 3.05) is 0 Å². The molecule has 0 amide bonds. The van der Waals surface area contributed by atoms with Gasteiger partial charge in [-0.05, 0) is 39.7 Å². The van der Waals surface area contributed by atoms with Gasteiger partial charge in [0.05, 0.1) is 19.6 Å². The molecule has 0 bridgehead atoms. The lowest BCUT2D eigenvalue weighted by atomic mass is 10.2. The summed E-state index contributed by atoms with van der Waals surface area (Å²) in [5.41, 5.74) is 7.26. The predicted octanol–water partition coefficient (Wildman–Crippen LogP) is 4.81. The zero-order valence-electron chi connectivity index (χ0n) is 10.3. The smallest absolute Gasteiger partial charge is 0.156 e. The topological polar surface area (TPSA) is 38.9 Å². The van der Waals surface area contributed by atoms with Crippen molar-refractivity contribution in [2.24, 2.45) is 5.73 Å². The van der Waals surface area contributed by atoms with Crippen LogP contribution in [-0.2, 0) is 6.54 Å². The second-order valence-electron chi connectivity index (χ2n) is 4.10. The minimum atomic E-state index is -0.280. The van der Waals surface area contributed by atoms with E-state index in [0.29, 0.717) is 15.9 Å². The van der Waals surface area contributed by atoms with Crippen molar-refractivity contribution in [2.45, 2.75) is 15.8 Å². The molecule has 2 nitrogen and oxygen atoms in total. The number of hydrogen-bond donors (Lipinski definition) is 1. The van der Waals surface area contributed by atoms with Gasteiger partial charge in [0, 0.05) is 6.54 Å². The zero-order chi connectivity index (χ0) is 14.1. The van der Waals surface area contributed by atoms with Crippen molar-refractivity contribution >= 4 is 49.2 Å². The van der Waals surface area contributed by atoms with Gasteiger partial charge in [-0.25, -0.2) is 9.37 Å². The molecule has 0 radical (unpaired) electrons. The van der Waals surface area contributed by atoms with Gasteiger partial charge >= 0.3 is 0 Å². The van der Waals surface area contributed by atoms with Gasteiger partial charge in [-0.2, -0.15) is 0 Å². The molecule has 6 heteroatoms. The maximum Gasteiger partial charge on any atom is 0.156 e. The predicted molar refractivity (Wildman–Crippen MR) is 85.7 cm³/mol. The second-order valence-corrected chi connectivity index (χ2v) is 7.22. The molecule has 0 aliphatic rings. The molecule has 20 heavy (non-hydrogen) atoms. The maximum absolute atomic E-state index is 14.2. The molecule has 1 aromatic heterocycles. The highest BCUT2D eigenvalue weighted by Crippen LogP contribution is 2.37. The first-order valence-corrected chi connectivity index (χ1v) is 8.32. The van der Waals surface area contributed by atoms with Gasteiger partial charge in [-0.1, -0.05) is 30.0 Å². The summed E-state index contributed by atoms with van der Waals surface area (Å²) in [7, 11) is 0. The van der Waals surface area contributed by atoms with E-state index in [1.807, 2.05) is 30.3 Å². The number of nitrogens with two attached hydrogens (primary N) is 1. The standard InChI is InChI=1S/C14H10BrFN2S2/c15-12-8(7-17)5-6-11(13(12)16)20-14-18-9-3-1-2-4-10(9)19-14/h1-6H,7,17H2. The molecule has 3 rings (SSSR count). The first-order valence-electron chi connectivity index (χ1n) is 5.89. The summed E-state index contributed by atoms with van der Waals surface area (Å²) in [5.74, 6) is -0.280. The Morgan fingerprint density at radius 1 is 1.25 bits per heavy atom. The number of aromatic nitrogens is 1. The van der Waals surface area contributed by atoms with E-state index in [1.165, 1.54) is 11.8 Å². The van der Waals surface area contributed by atoms with Crippen molar-refractivity contribution in [3.63, 3.8) is 0 Å². The van der Waals surface area contributed by atoms with E-state index in [-0.39, 0.29) is 5.82 Å². The Kier molecular flexibility index (Phi) is 4.07. The van der Waals surface area contributed by atoms with Crippen LogP contribution in [0.25, 0.3) is 10.2 Å². The molecule has 0 atom stereocenters. The third-order valence-corrected chi connectivity index (χ3v) is 5.81. The molecule has 0 fully saturated rings. The van der Waals surface area contributed by atoms with E-state index in [9.17, 15) is 4.39 Å². The van der Waals surface area contributed by atoms with E-state index >= 15 is 0 Å². The van der Waals surface area contributed by atoms with Gasteiger partial charge in [-0.3, -0.25) is 0 Å². The number of fused-ring (bicyclic) bond motifs is 1. The molecular weight excluding hydrogens is 359 g/mol. The monoisotopic (exact) mass is 368 g/mol. The van der Waals surface area contributed by atoms with Crippen LogP contribution in [0.4, 0.5) is 4.39 Å². The van der Waals surface area contributed by atoms with Crippen LogP contribution in [-0.4, -0.2) is 4.98 Å². The summed E-state index contributed by atoms with van der Waals surface area (Å²) >= 11 is 6.15. The molecule has 2 N–H and O–H groups in total. The highest BCUT2D eigenvalue weighted by Gasteiger charge is 2.13. The Balaban J connectivity index is 1.96. The lowest BCUT2D eigenvalue weighted by molar-refractivity contribution is 0.592. The Hall–Kier alpha value is -0.950. The van der Waals surface area contributed by atoms with Gasteiger partial charge < -0.3 is 5.73 Å². The third-order valence-electron chi connectivity index (χ3n) is 2.82. The molecule has 0 aliphatic heterocycles. The zero-order valence-corrected chi connectivity index (χ0v) is 13.5. The highest BCUT2D eigenvalue weighted by molar-refractivity contribution is 9.10. The molecule has 102 valence electrons. The number of halogens is 2. The molecule has 2 aromatic carbocycles. The molecule has 1 heterocycles. The average Bonchev–Trinajstić information content (AvgIpc) is 2.86. The SMILES string of the molecule is NCc1ccc(Sc2nc3ccccc3s2)c(F)c1Br. The minimum Gasteiger partial charge on any atom is -0.326 e. The van der Waals surface area contributed by atoms with Crippen molar-refractivity contribution in [3.05, 3.63) is 52.3 Å². The van der Waals surface area contributed by atoms with Crippen molar-refractivity contribution in [1.29, 1.82) is 0 Å². The molecule has 0 spiro atoms. The van der Waals surface area contributed by atoms with Crippen molar-refractivity contribution in [3.8, 4) is 0 Å². The molecular formula is C14H10BrFN2S2. The lowest BCUT2D eigenvalue weighted by Gasteiger charge is -2.06. The third kappa shape index (κ3) is 2.61. The van der Waals surface area contributed by atoms with E-state index in [0.717, 1.165) is 20.1 Å². The van der Waals surface area contributed by atoms with Crippen molar-refractivity contribution in [1.82, 2.24) is 4.98 Å². The fourth-order valence-electron chi connectivity index (χ4n) is 1.80. The summed E-state index contributed by atoms with van der Waals surface area (Å²) in [5, 5.41) is 0. The van der Waals surface area contributed by atoms with Crippen LogP contribution in [0.1, 0.15) is 5.56 Å². The Labute approximate surface area is 132 Å². The van der Waals surface area contributed by atoms with Crippen LogP contribution in [0.5, 0.6) is 0 Å². The Morgan fingerprint density at radius 3 is 2.80 bits per heavy atom. The second kappa shape index (κ2) is 5.81. The van der Waals surface area contributed by atoms with Crippen LogP contribution < -0.4 is 5.73 Å². The summed E-state index contributed by atoms with van der Waals surface area (Å²) in [6.07, 6.45) is 0. The van der Waals surface area contributed by atoms with E-state index in [4.69, 9.17) is 5.73 Å². The fourth-order valence-corrected chi connectivity index (χ4v) is 4.50. The largest absolute Gasteiger partial charge is 0.326 e. The number of benzene rings is 2. The quantitative estimate of drug-likeness (QED) is 0.720. The Bertz CT molecular complexity index is 740. The van der Waals surface area contributed by atoms with E-state index in [1.54, 1.807) is 17.4 Å². The summed E-state index contributed by atoms with van der Waals surface area (Å²) < 4.78 is 16.6. The van der Waals surface area contributed by atoms with Crippen LogP contribution in [0.2, 0.25) is 0 Å². The number of nitrogens with zero attached hydrogens (tertiary/aromatic N) is 1. The summed E-state index contributed by atoms with van der Waals surface area (Å²) in [6.45, 7) is 0.309. The number of para-hydroxylation sites is 1. The minimum absolute atomic E-state index is 0.280. The van der Waals surface area contributed by atoms with Gasteiger partial charge in [0.15, 0.2) is 10.2 Å². The van der Waals surface area contributed by atoms with E-state index < -0.39 is 0 Å². The summed E-state index contributed by atoms with van der Waals surface area (Å²) in [6, 6.07) is 11.5. The van der Waals surface area contributed by atoms with Crippen LogP contribution in [0.3, 0.4) is 0 Å². The molecule has 0 aliphatic carbocycles. The fraction of sp³-hybridized carbons (Fsp3) is 0.0714. The first kappa shape index (κ1) is 14.0. The van der Waals surface area contributed by atoms with Gasteiger partial charge in [0.1, 0.15) is 0 Å². The normalized spacial score (nSPS) is 11.2.